The highest BCUT2D eigenvalue weighted by molar-refractivity contribution is 6.30. The van der Waals surface area contributed by atoms with E-state index in [2.05, 4.69) is 61.6 Å². The molecule has 0 radical (unpaired) electrons. The van der Waals surface area contributed by atoms with Crippen LogP contribution in [0, 0.1) is 6.92 Å². The second-order valence-corrected chi connectivity index (χ2v) is 6.93. The second-order valence-electron chi connectivity index (χ2n) is 6.49. The molecule has 0 aliphatic rings. The van der Waals surface area contributed by atoms with Gasteiger partial charge < -0.3 is 9.73 Å². The summed E-state index contributed by atoms with van der Waals surface area (Å²) in [7, 11) is 0. The topological polar surface area (TPSA) is 25.2 Å². The minimum atomic E-state index is 0.264. The molecule has 1 aromatic heterocycles. The van der Waals surface area contributed by atoms with Crippen LogP contribution in [0.1, 0.15) is 47.8 Å². The molecule has 2 aromatic carbocycles. The number of furan rings is 1. The van der Waals surface area contributed by atoms with Crippen LogP contribution in [-0.2, 0) is 0 Å². The first-order valence-electron chi connectivity index (χ1n) is 8.72. The van der Waals surface area contributed by atoms with Crippen LogP contribution >= 0.6 is 11.6 Å². The molecule has 0 spiro atoms. The van der Waals surface area contributed by atoms with Crippen molar-refractivity contribution >= 4 is 11.6 Å². The predicted molar refractivity (Wildman–Crippen MR) is 104 cm³/mol. The minimum absolute atomic E-state index is 0.264. The molecule has 1 N–H and O–H groups in total. The number of benzene rings is 2. The average Bonchev–Trinajstić information content (AvgIpc) is 3.14. The van der Waals surface area contributed by atoms with E-state index in [0.717, 1.165) is 23.7 Å². The number of halogens is 1. The molecular weight excluding hydrogens is 330 g/mol. The molecule has 0 bridgehead atoms. The lowest BCUT2D eigenvalue weighted by Gasteiger charge is -2.19. The van der Waals surface area contributed by atoms with Gasteiger partial charge in [0.1, 0.15) is 5.76 Å². The van der Waals surface area contributed by atoms with E-state index < -0.39 is 0 Å². The molecule has 2 unspecified atom stereocenters. The average molecular weight is 354 g/mol. The molecule has 0 amide bonds. The Morgan fingerprint density at radius 2 is 1.64 bits per heavy atom. The van der Waals surface area contributed by atoms with Crippen LogP contribution in [0.4, 0.5) is 0 Å². The molecule has 0 saturated heterocycles. The van der Waals surface area contributed by atoms with Crippen molar-refractivity contribution in [2.24, 2.45) is 0 Å². The Morgan fingerprint density at radius 1 is 0.960 bits per heavy atom. The Bertz CT molecular complexity index is 763. The molecular formula is C22H24ClNO. The summed E-state index contributed by atoms with van der Waals surface area (Å²) in [6, 6.07) is 21.1. The van der Waals surface area contributed by atoms with E-state index >= 15 is 0 Å². The summed E-state index contributed by atoms with van der Waals surface area (Å²) in [6.45, 7) is 5.20. The van der Waals surface area contributed by atoms with Gasteiger partial charge in [-0.2, -0.15) is 0 Å². The first-order valence-corrected chi connectivity index (χ1v) is 9.10. The first-order chi connectivity index (χ1) is 12.1. The largest absolute Gasteiger partial charge is 0.469 e. The number of hydrogen-bond donors (Lipinski definition) is 1. The van der Waals surface area contributed by atoms with Gasteiger partial charge in [-0.3, -0.25) is 0 Å². The van der Waals surface area contributed by atoms with Gasteiger partial charge in [0.15, 0.2) is 0 Å². The highest BCUT2D eigenvalue weighted by atomic mass is 35.5. The third-order valence-corrected chi connectivity index (χ3v) is 4.87. The van der Waals surface area contributed by atoms with Crippen LogP contribution in [0.2, 0.25) is 5.02 Å². The van der Waals surface area contributed by atoms with E-state index in [1.165, 1.54) is 16.7 Å². The maximum absolute atomic E-state index is 5.97. The van der Waals surface area contributed by atoms with Gasteiger partial charge in [-0.25, -0.2) is 0 Å². The van der Waals surface area contributed by atoms with Crippen molar-refractivity contribution in [3.63, 3.8) is 0 Å². The fourth-order valence-electron chi connectivity index (χ4n) is 3.07. The smallest absolute Gasteiger partial charge is 0.111 e. The molecule has 0 fully saturated rings. The zero-order valence-electron chi connectivity index (χ0n) is 14.7. The van der Waals surface area contributed by atoms with Crippen molar-refractivity contribution in [1.82, 2.24) is 5.32 Å². The third kappa shape index (κ3) is 4.75. The predicted octanol–water partition coefficient (Wildman–Crippen LogP) is 6.11. The molecule has 0 aliphatic carbocycles. The van der Waals surface area contributed by atoms with Crippen LogP contribution in [0.3, 0.4) is 0 Å². The summed E-state index contributed by atoms with van der Waals surface area (Å²) in [6.07, 6.45) is 2.73. The van der Waals surface area contributed by atoms with Crippen molar-refractivity contribution in [3.05, 3.63) is 94.4 Å². The molecule has 2 nitrogen and oxygen atoms in total. The molecule has 3 rings (SSSR count). The van der Waals surface area contributed by atoms with Gasteiger partial charge in [-0.05, 0) is 62.2 Å². The Labute approximate surface area is 154 Å². The van der Waals surface area contributed by atoms with E-state index in [1.54, 1.807) is 6.26 Å². The standard InChI is InChI=1S/C22H24ClNO/c1-16-5-7-19(8-6-16)21(22-4-3-15-25-22)13-14-24-17(2)18-9-11-20(23)12-10-18/h3-12,15,17,21,24H,13-14H2,1-2H3. The van der Waals surface area contributed by atoms with Gasteiger partial charge >= 0.3 is 0 Å². The van der Waals surface area contributed by atoms with E-state index in [1.807, 2.05) is 18.2 Å². The second kappa shape index (κ2) is 8.37. The Kier molecular flexibility index (Phi) is 5.95. The number of nitrogens with one attached hydrogen (secondary N) is 1. The van der Waals surface area contributed by atoms with Crippen molar-refractivity contribution in [3.8, 4) is 0 Å². The molecule has 3 aromatic rings. The van der Waals surface area contributed by atoms with Gasteiger partial charge in [0.25, 0.3) is 0 Å². The third-order valence-electron chi connectivity index (χ3n) is 4.62. The Morgan fingerprint density at radius 3 is 2.28 bits per heavy atom. The highest BCUT2D eigenvalue weighted by Gasteiger charge is 2.17. The lowest BCUT2D eigenvalue weighted by Crippen LogP contribution is -2.21. The molecule has 0 aliphatic heterocycles. The summed E-state index contributed by atoms with van der Waals surface area (Å²) >= 11 is 5.97. The van der Waals surface area contributed by atoms with E-state index in [9.17, 15) is 0 Å². The van der Waals surface area contributed by atoms with Gasteiger partial charge in [-0.1, -0.05) is 53.6 Å². The van der Waals surface area contributed by atoms with Gasteiger partial charge in [0, 0.05) is 17.0 Å². The van der Waals surface area contributed by atoms with Crippen LogP contribution in [-0.4, -0.2) is 6.54 Å². The lowest BCUT2D eigenvalue weighted by atomic mass is 9.92. The molecule has 3 heteroatoms. The molecule has 25 heavy (non-hydrogen) atoms. The summed E-state index contributed by atoms with van der Waals surface area (Å²) < 4.78 is 5.69. The maximum Gasteiger partial charge on any atom is 0.111 e. The van der Waals surface area contributed by atoms with Crippen molar-refractivity contribution < 1.29 is 4.42 Å². The van der Waals surface area contributed by atoms with Crippen molar-refractivity contribution in [1.29, 1.82) is 0 Å². The van der Waals surface area contributed by atoms with Gasteiger partial charge in [-0.15, -0.1) is 0 Å². The maximum atomic E-state index is 5.97. The molecule has 0 saturated carbocycles. The van der Waals surface area contributed by atoms with Crippen LogP contribution in [0.5, 0.6) is 0 Å². The number of rotatable bonds is 7. The normalized spacial score (nSPS) is 13.6. The number of hydrogen-bond acceptors (Lipinski definition) is 2. The first kappa shape index (κ1) is 17.8. The monoisotopic (exact) mass is 353 g/mol. The van der Waals surface area contributed by atoms with E-state index in [0.29, 0.717) is 0 Å². The highest BCUT2D eigenvalue weighted by Crippen LogP contribution is 2.28. The molecule has 130 valence electrons. The zero-order valence-corrected chi connectivity index (χ0v) is 15.5. The van der Waals surface area contributed by atoms with Crippen molar-refractivity contribution in [2.75, 3.05) is 6.54 Å². The Hall–Kier alpha value is -2.03. The van der Waals surface area contributed by atoms with Crippen LogP contribution in [0.25, 0.3) is 0 Å². The fraction of sp³-hybridized carbons (Fsp3) is 0.273. The zero-order chi connectivity index (χ0) is 17.6. The summed E-state index contributed by atoms with van der Waals surface area (Å²) in [5.74, 6) is 1.28. The van der Waals surface area contributed by atoms with E-state index in [-0.39, 0.29) is 12.0 Å². The summed E-state index contributed by atoms with van der Waals surface area (Å²) in [5.41, 5.74) is 3.81. The minimum Gasteiger partial charge on any atom is -0.469 e. The molecule has 2 atom stereocenters. The quantitative estimate of drug-likeness (QED) is 0.554. The Balaban J connectivity index is 1.65. The lowest BCUT2D eigenvalue weighted by molar-refractivity contribution is 0.457. The van der Waals surface area contributed by atoms with Gasteiger partial charge in [0.05, 0.1) is 6.26 Å². The SMILES string of the molecule is Cc1ccc(C(CCNC(C)c2ccc(Cl)cc2)c2ccco2)cc1. The van der Waals surface area contributed by atoms with Crippen molar-refractivity contribution in [2.45, 2.75) is 32.2 Å². The fourth-order valence-corrected chi connectivity index (χ4v) is 3.20. The summed E-state index contributed by atoms with van der Waals surface area (Å²) in [4.78, 5) is 0. The van der Waals surface area contributed by atoms with Crippen LogP contribution < -0.4 is 5.32 Å². The van der Waals surface area contributed by atoms with E-state index in [4.69, 9.17) is 16.0 Å². The van der Waals surface area contributed by atoms with Gasteiger partial charge in [0.2, 0.25) is 0 Å². The number of aryl methyl sites for hydroxylation is 1. The summed E-state index contributed by atoms with van der Waals surface area (Å²) in [5, 5.41) is 4.38. The molecule has 1 heterocycles. The van der Waals surface area contributed by atoms with Crippen LogP contribution in [0.15, 0.2) is 71.3 Å².